The number of amides is 2. The minimum absolute atomic E-state index is 0.114. The second-order valence-electron chi connectivity index (χ2n) is 5.90. The third-order valence-electron chi connectivity index (χ3n) is 4.01. The number of carboxylic acid groups (broad SMARTS) is 1. The molecule has 3 rings (SSSR count). The maximum Gasteiger partial charge on any atom is 0.335 e. The monoisotopic (exact) mass is 370 g/mol. The summed E-state index contributed by atoms with van der Waals surface area (Å²) in [6, 6.07) is 14.1. The van der Waals surface area contributed by atoms with Gasteiger partial charge in [0.05, 0.1) is 16.5 Å². The molecule has 0 aromatic heterocycles. The normalized spacial score (nSPS) is 15.7. The van der Waals surface area contributed by atoms with Crippen LogP contribution in [0.5, 0.6) is 0 Å². The highest BCUT2D eigenvalue weighted by Crippen LogP contribution is 2.36. The van der Waals surface area contributed by atoms with E-state index in [-0.39, 0.29) is 23.8 Å². The summed E-state index contributed by atoms with van der Waals surface area (Å²) in [5.41, 5.74) is 1.95. The Morgan fingerprint density at radius 3 is 2.58 bits per heavy atom. The molecule has 2 aromatic rings. The highest BCUT2D eigenvalue weighted by atomic mass is 32.2. The van der Waals surface area contributed by atoms with Gasteiger partial charge in [0, 0.05) is 17.9 Å². The van der Waals surface area contributed by atoms with Gasteiger partial charge in [0.15, 0.2) is 0 Å². The number of benzene rings is 2. The van der Waals surface area contributed by atoms with Crippen LogP contribution in [0.2, 0.25) is 0 Å². The molecular formula is C19H18N2O4S. The van der Waals surface area contributed by atoms with Crippen molar-refractivity contribution >= 4 is 35.2 Å². The molecule has 0 fully saturated rings. The molecule has 26 heavy (non-hydrogen) atoms. The Morgan fingerprint density at radius 1 is 1.12 bits per heavy atom. The lowest BCUT2D eigenvalue weighted by Crippen LogP contribution is -2.35. The molecule has 2 aromatic carbocycles. The first-order valence-electron chi connectivity index (χ1n) is 8.18. The highest BCUT2D eigenvalue weighted by molar-refractivity contribution is 8.01. The van der Waals surface area contributed by atoms with Crippen LogP contribution in [0.25, 0.3) is 0 Å². The smallest absolute Gasteiger partial charge is 0.335 e. The molecule has 6 nitrogen and oxygen atoms in total. The van der Waals surface area contributed by atoms with Gasteiger partial charge in [0.25, 0.3) is 0 Å². The number of hydrogen-bond donors (Lipinski definition) is 3. The van der Waals surface area contributed by atoms with Gasteiger partial charge < -0.3 is 15.7 Å². The van der Waals surface area contributed by atoms with Crippen LogP contribution in [-0.2, 0) is 16.0 Å². The van der Waals surface area contributed by atoms with Crippen molar-refractivity contribution in [3.63, 3.8) is 0 Å². The largest absolute Gasteiger partial charge is 0.478 e. The molecule has 1 aliphatic rings. The first kappa shape index (κ1) is 18.0. The molecule has 134 valence electrons. The first-order chi connectivity index (χ1) is 12.5. The Bertz CT molecular complexity index is 836. The van der Waals surface area contributed by atoms with E-state index < -0.39 is 11.2 Å². The molecule has 0 unspecified atom stereocenters. The number of carbonyl (C=O) groups is 3. The number of anilines is 1. The average molecular weight is 370 g/mol. The second kappa shape index (κ2) is 8.05. The summed E-state index contributed by atoms with van der Waals surface area (Å²) in [6.07, 6.45) is 0.710. The van der Waals surface area contributed by atoms with Gasteiger partial charge in [0.2, 0.25) is 11.8 Å². The van der Waals surface area contributed by atoms with E-state index in [1.54, 1.807) is 24.3 Å². The van der Waals surface area contributed by atoms with E-state index in [1.807, 2.05) is 24.3 Å². The Kier molecular flexibility index (Phi) is 5.58. The van der Waals surface area contributed by atoms with Gasteiger partial charge in [-0.25, -0.2) is 4.79 Å². The van der Waals surface area contributed by atoms with Gasteiger partial charge in [-0.05, 0) is 36.2 Å². The molecule has 0 saturated heterocycles. The predicted octanol–water partition coefficient (Wildman–Crippen LogP) is 2.55. The van der Waals surface area contributed by atoms with Gasteiger partial charge >= 0.3 is 5.97 Å². The average Bonchev–Trinajstić information content (AvgIpc) is 2.63. The SMILES string of the molecule is O=C(C[C@H]1Sc2ccccc2NC1=O)NCCc1ccc(C(=O)O)cc1. The van der Waals surface area contributed by atoms with Crippen LogP contribution in [0.3, 0.4) is 0 Å². The molecule has 7 heteroatoms. The van der Waals surface area contributed by atoms with Crippen LogP contribution in [0.4, 0.5) is 5.69 Å². The number of hydrogen-bond acceptors (Lipinski definition) is 4. The Labute approximate surface area is 155 Å². The van der Waals surface area contributed by atoms with Crippen molar-refractivity contribution in [1.82, 2.24) is 5.32 Å². The van der Waals surface area contributed by atoms with Crippen molar-refractivity contribution in [1.29, 1.82) is 0 Å². The van der Waals surface area contributed by atoms with Crippen molar-refractivity contribution in [3.8, 4) is 0 Å². The van der Waals surface area contributed by atoms with Crippen molar-refractivity contribution in [2.45, 2.75) is 23.0 Å². The summed E-state index contributed by atoms with van der Waals surface area (Å²) in [6.45, 7) is 0.431. The van der Waals surface area contributed by atoms with Crippen molar-refractivity contribution in [2.75, 3.05) is 11.9 Å². The number of rotatable bonds is 6. The van der Waals surface area contributed by atoms with Gasteiger partial charge in [-0.3, -0.25) is 9.59 Å². The van der Waals surface area contributed by atoms with Crippen LogP contribution in [0, 0.1) is 0 Å². The topological polar surface area (TPSA) is 95.5 Å². The molecule has 0 radical (unpaired) electrons. The first-order valence-corrected chi connectivity index (χ1v) is 9.06. The number of aromatic carboxylic acids is 1. The van der Waals surface area contributed by atoms with Gasteiger partial charge in [-0.15, -0.1) is 11.8 Å². The molecule has 1 atom stereocenters. The minimum Gasteiger partial charge on any atom is -0.478 e. The Morgan fingerprint density at radius 2 is 1.85 bits per heavy atom. The van der Waals surface area contributed by atoms with Crippen molar-refractivity contribution in [2.24, 2.45) is 0 Å². The van der Waals surface area contributed by atoms with E-state index in [0.29, 0.717) is 13.0 Å². The molecule has 2 amide bonds. The number of para-hydroxylation sites is 1. The predicted molar refractivity (Wildman–Crippen MR) is 99.4 cm³/mol. The fourth-order valence-corrected chi connectivity index (χ4v) is 3.74. The van der Waals surface area contributed by atoms with Crippen molar-refractivity contribution < 1.29 is 19.5 Å². The number of thioether (sulfide) groups is 1. The van der Waals surface area contributed by atoms with E-state index in [4.69, 9.17) is 5.11 Å². The standard InChI is InChI=1S/C19H18N2O4S/c22-17(20-10-9-12-5-7-13(8-6-12)19(24)25)11-16-18(23)21-14-3-1-2-4-15(14)26-16/h1-8,16H,9-11H2,(H,20,22)(H,21,23)(H,24,25)/t16-/m1/s1. The maximum absolute atomic E-state index is 12.1. The summed E-state index contributed by atoms with van der Waals surface area (Å²) in [5.74, 6) is -1.30. The van der Waals surface area contributed by atoms with E-state index in [2.05, 4.69) is 10.6 Å². The minimum atomic E-state index is -0.963. The van der Waals surface area contributed by atoms with Crippen LogP contribution in [-0.4, -0.2) is 34.7 Å². The Hall–Kier alpha value is -2.80. The zero-order valence-electron chi connectivity index (χ0n) is 13.9. The molecule has 1 heterocycles. The molecule has 0 spiro atoms. The lowest BCUT2D eigenvalue weighted by molar-refractivity contribution is -0.124. The molecule has 0 aliphatic carbocycles. The zero-order valence-corrected chi connectivity index (χ0v) is 14.7. The fraction of sp³-hybridized carbons (Fsp3) is 0.211. The van der Waals surface area contributed by atoms with Crippen molar-refractivity contribution in [3.05, 3.63) is 59.7 Å². The summed E-state index contributed by atoms with van der Waals surface area (Å²) < 4.78 is 0. The molecule has 0 saturated carbocycles. The summed E-state index contributed by atoms with van der Waals surface area (Å²) in [4.78, 5) is 36.0. The van der Waals surface area contributed by atoms with E-state index in [0.717, 1.165) is 16.1 Å². The van der Waals surface area contributed by atoms with Crippen LogP contribution in [0.1, 0.15) is 22.3 Å². The molecule has 1 aliphatic heterocycles. The van der Waals surface area contributed by atoms with E-state index in [9.17, 15) is 14.4 Å². The van der Waals surface area contributed by atoms with Crippen LogP contribution >= 0.6 is 11.8 Å². The van der Waals surface area contributed by atoms with E-state index in [1.165, 1.54) is 11.8 Å². The summed E-state index contributed by atoms with van der Waals surface area (Å²) in [7, 11) is 0. The van der Waals surface area contributed by atoms with Gasteiger partial charge in [0.1, 0.15) is 0 Å². The number of fused-ring (bicyclic) bond motifs is 1. The third kappa shape index (κ3) is 4.43. The molecule has 3 N–H and O–H groups in total. The summed E-state index contributed by atoms with van der Waals surface area (Å²) >= 11 is 1.40. The lowest BCUT2D eigenvalue weighted by Gasteiger charge is -2.23. The second-order valence-corrected chi connectivity index (χ2v) is 7.14. The number of carboxylic acids is 1. The molecule has 0 bridgehead atoms. The van der Waals surface area contributed by atoms with E-state index >= 15 is 0 Å². The van der Waals surface area contributed by atoms with Gasteiger partial charge in [-0.2, -0.15) is 0 Å². The molecular weight excluding hydrogens is 352 g/mol. The Balaban J connectivity index is 1.47. The van der Waals surface area contributed by atoms with Gasteiger partial charge in [-0.1, -0.05) is 24.3 Å². The highest BCUT2D eigenvalue weighted by Gasteiger charge is 2.28. The fourth-order valence-electron chi connectivity index (χ4n) is 2.63. The summed E-state index contributed by atoms with van der Waals surface area (Å²) in [5, 5.41) is 14.1. The van der Waals surface area contributed by atoms with Crippen LogP contribution < -0.4 is 10.6 Å². The number of nitrogens with one attached hydrogen (secondary N) is 2. The number of carbonyl (C=O) groups excluding carboxylic acids is 2. The maximum atomic E-state index is 12.1. The quantitative estimate of drug-likeness (QED) is 0.726. The third-order valence-corrected chi connectivity index (χ3v) is 5.29. The zero-order chi connectivity index (χ0) is 18.5. The van der Waals surface area contributed by atoms with Crippen LogP contribution in [0.15, 0.2) is 53.4 Å². The lowest BCUT2D eigenvalue weighted by atomic mass is 10.1.